The lowest BCUT2D eigenvalue weighted by Gasteiger charge is -2.27. The molecule has 0 aromatic heterocycles. The Bertz CT molecular complexity index is 100. The largest absolute Gasteiger partial charge is 0.392 e. The maximum atomic E-state index is 8.99. The number of rotatable bonds is 3. The molecule has 2 N–H and O–H groups in total. The summed E-state index contributed by atoms with van der Waals surface area (Å²) in [4.78, 5) is 0. The molecular formula is C8H18N2O. The van der Waals surface area contributed by atoms with Crippen molar-refractivity contribution in [1.82, 2.24) is 10.4 Å². The Kier molecular flexibility index (Phi) is 3.83. The third-order valence-electron chi connectivity index (χ3n) is 1.97. The lowest BCUT2D eigenvalue weighted by Crippen LogP contribution is -2.44. The molecular weight excluding hydrogens is 140 g/mol. The van der Waals surface area contributed by atoms with E-state index >= 15 is 0 Å². The van der Waals surface area contributed by atoms with Gasteiger partial charge in [-0.1, -0.05) is 6.42 Å². The van der Waals surface area contributed by atoms with Crippen LogP contribution in [0.1, 0.15) is 26.2 Å². The van der Waals surface area contributed by atoms with Gasteiger partial charge in [0.15, 0.2) is 0 Å². The van der Waals surface area contributed by atoms with Gasteiger partial charge < -0.3 is 5.11 Å². The fraction of sp³-hybridized carbons (Fsp3) is 1.00. The van der Waals surface area contributed by atoms with Gasteiger partial charge in [-0.25, -0.2) is 5.01 Å². The summed E-state index contributed by atoms with van der Waals surface area (Å²) >= 11 is 0. The third-order valence-corrected chi connectivity index (χ3v) is 1.97. The Labute approximate surface area is 68.4 Å². The van der Waals surface area contributed by atoms with Gasteiger partial charge in [-0.15, -0.1) is 0 Å². The van der Waals surface area contributed by atoms with Crippen molar-refractivity contribution >= 4 is 0 Å². The fourth-order valence-corrected chi connectivity index (χ4v) is 1.31. The van der Waals surface area contributed by atoms with E-state index < -0.39 is 0 Å². The zero-order chi connectivity index (χ0) is 8.10. The predicted octanol–water partition coefficient (Wildman–Crippen LogP) is 0.358. The number of nitrogens with one attached hydrogen (secondary N) is 1. The highest BCUT2D eigenvalue weighted by Gasteiger charge is 2.09. The van der Waals surface area contributed by atoms with Crippen molar-refractivity contribution in [3.05, 3.63) is 0 Å². The first kappa shape index (κ1) is 8.97. The minimum absolute atomic E-state index is 0.239. The van der Waals surface area contributed by atoms with Crippen LogP contribution in [0.3, 0.4) is 0 Å². The van der Waals surface area contributed by atoms with Crippen molar-refractivity contribution < 1.29 is 5.11 Å². The minimum Gasteiger partial charge on any atom is -0.392 e. The van der Waals surface area contributed by atoms with Gasteiger partial charge in [0, 0.05) is 19.6 Å². The van der Waals surface area contributed by atoms with Crippen LogP contribution >= 0.6 is 0 Å². The van der Waals surface area contributed by atoms with Crippen molar-refractivity contribution in [3.63, 3.8) is 0 Å². The standard InChI is InChI=1S/C8H18N2O/c1-8(11)7-9-10-5-3-2-4-6-10/h8-9,11H,2-7H2,1H3/t8-/m1/s1. The minimum atomic E-state index is -0.239. The number of aliphatic hydroxyl groups excluding tert-OH is 1. The van der Waals surface area contributed by atoms with E-state index in [9.17, 15) is 0 Å². The number of hydrogen-bond acceptors (Lipinski definition) is 3. The number of hydrazine groups is 1. The van der Waals surface area contributed by atoms with Gasteiger partial charge in [0.1, 0.15) is 0 Å². The summed E-state index contributed by atoms with van der Waals surface area (Å²) < 4.78 is 0. The zero-order valence-corrected chi connectivity index (χ0v) is 7.21. The Morgan fingerprint density at radius 1 is 1.36 bits per heavy atom. The fourth-order valence-electron chi connectivity index (χ4n) is 1.31. The molecule has 0 unspecified atom stereocenters. The van der Waals surface area contributed by atoms with E-state index in [1.165, 1.54) is 19.3 Å². The van der Waals surface area contributed by atoms with Gasteiger partial charge in [0.25, 0.3) is 0 Å². The van der Waals surface area contributed by atoms with Crippen LogP contribution < -0.4 is 5.43 Å². The highest BCUT2D eigenvalue weighted by Crippen LogP contribution is 2.05. The molecule has 1 atom stereocenters. The second-order valence-corrected chi connectivity index (χ2v) is 3.26. The molecule has 0 bridgehead atoms. The monoisotopic (exact) mass is 158 g/mol. The van der Waals surface area contributed by atoms with E-state index in [-0.39, 0.29) is 6.10 Å². The van der Waals surface area contributed by atoms with Crippen LogP contribution in [0.4, 0.5) is 0 Å². The summed E-state index contributed by atoms with van der Waals surface area (Å²) in [6.45, 7) is 4.75. The van der Waals surface area contributed by atoms with E-state index in [4.69, 9.17) is 5.11 Å². The first-order valence-electron chi connectivity index (χ1n) is 4.45. The first-order chi connectivity index (χ1) is 5.29. The van der Waals surface area contributed by atoms with E-state index in [1.807, 2.05) is 0 Å². The third kappa shape index (κ3) is 3.70. The number of hydrogen-bond donors (Lipinski definition) is 2. The molecule has 3 nitrogen and oxygen atoms in total. The molecule has 0 aromatic carbocycles. The van der Waals surface area contributed by atoms with Gasteiger partial charge in [0.05, 0.1) is 6.10 Å². The zero-order valence-electron chi connectivity index (χ0n) is 7.21. The SMILES string of the molecule is C[C@@H](O)CNN1CCCCC1. The molecule has 0 spiro atoms. The molecule has 0 aromatic rings. The molecule has 11 heavy (non-hydrogen) atoms. The summed E-state index contributed by atoms with van der Waals surface area (Å²) in [5.74, 6) is 0. The molecule has 0 radical (unpaired) electrons. The van der Waals surface area contributed by atoms with E-state index in [2.05, 4.69) is 10.4 Å². The van der Waals surface area contributed by atoms with Gasteiger partial charge in [-0.3, -0.25) is 5.43 Å². The second kappa shape index (κ2) is 4.70. The molecule has 1 saturated heterocycles. The Morgan fingerprint density at radius 3 is 2.55 bits per heavy atom. The average molecular weight is 158 g/mol. The molecule has 1 heterocycles. The molecule has 1 rings (SSSR count). The van der Waals surface area contributed by atoms with Crippen molar-refractivity contribution in [3.8, 4) is 0 Å². The van der Waals surface area contributed by atoms with Gasteiger partial charge >= 0.3 is 0 Å². The smallest absolute Gasteiger partial charge is 0.0650 e. The van der Waals surface area contributed by atoms with Crippen LogP contribution in [0, 0.1) is 0 Å². The van der Waals surface area contributed by atoms with Crippen molar-refractivity contribution in [2.45, 2.75) is 32.3 Å². The summed E-state index contributed by atoms with van der Waals surface area (Å²) in [5, 5.41) is 11.2. The summed E-state index contributed by atoms with van der Waals surface area (Å²) in [6, 6.07) is 0. The number of piperidine rings is 1. The lowest BCUT2D eigenvalue weighted by atomic mass is 10.2. The van der Waals surface area contributed by atoms with Gasteiger partial charge in [0.2, 0.25) is 0 Å². The van der Waals surface area contributed by atoms with Gasteiger partial charge in [-0.05, 0) is 19.8 Å². The molecule has 0 amide bonds. The molecule has 1 aliphatic rings. The summed E-state index contributed by atoms with van der Waals surface area (Å²) in [6.07, 6.45) is 3.68. The van der Waals surface area contributed by atoms with E-state index in [0.29, 0.717) is 6.54 Å². The van der Waals surface area contributed by atoms with Crippen molar-refractivity contribution in [2.24, 2.45) is 0 Å². The quantitative estimate of drug-likeness (QED) is 0.622. The molecule has 1 aliphatic heterocycles. The predicted molar refractivity (Wildman–Crippen MR) is 45.1 cm³/mol. The van der Waals surface area contributed by atoms with E-state index in [1.54, 1.807) is 6.92 Å². The molecule has 66 valence electrons. The molecule has 0 aliphatic carbocycles. The number of nitrogens with zero attached hydrogens (tertiary/aromatic N) is 1. The highest BCUT2D eigenvalue weighted by molar-refractivity contribution is 4.61. The van der Waals surface area contributed by atoms with E-state index in [0.717, 1.165) is 13.1 Å². The Balaban J connectivity index is 2.05. The van der Waals surface area contributed by atoms with Crippen LogP contribution in [0.25, 0.3) is 0 Å². The molecule has 3 heteroatoms. The van der Waals surface area contributed by atoms with Crippen LogP contribution in [-0.4, -0.2) is 35.9 Å². The lowest BCUT2D eigenvalue weighted by molar-refractivity contribution is 0.108. The normalized spacial score (nSPS) is 23.5. The topological polar surface area (TPSA) is 35.5 Å². The molecule has 1 fully saturated rings. The van der Waals surface area contributed by atoms with Gasteiger partial charge in [-0.2, -0.15) is 0 Å². The average Bonchev–Trinajstić information content (AvgIpc) is 2.03. The van der Waals surface area contributed by atoms with Crippen LogP contribution in [-0.2, 0) is 0 Å². The number of aliphatic hydroxyl groups is 1. The Hall–Kier alpha value is -0.120. The van der Waals surface area contributed by atoms with Crippen LogP contribution in [0.2, 0.25) is 0 Å². The highest BCUT2D eigenvalue weighted by atomic mass is 16.3. The van der Waals surface area contributed by atoms with Crippen LogP contribution in [0.15, 0.2) is 0 Å². The molecule has 0 saturated carbocycles. The Morgan fingerprint density at radius 2 is 2.00 bits per heavy atom. The maximum Gasteiger partial charge on any atom is 0.0650 e. The first-order valence-corrected chi connectivity index (χ1v) is 4.45. The van der Waals surface area contributed by atoms with Crippen molar-refractivity contribution in [2.75, 3.05) is 19.6 Å². The van der Waals surface area contributed by atoms with Crippen LogP contribution in [0.5, 0.6) is 0 Å². The van der Waals surface area contributed by atoms with Crippen molar-refractivity contribution in [1.29, 1.82) is 0 Å². The maximum absolute atomic E-state index is 8.99. The summed E-state index contributed by atoms with van der Waals surface area (Å²) in [5.41, 5.74) is 3.20. The second-order valence-electron chi connectivity index (χ2n) is 3.26. The summed E-state index contributed by atoms with van der Waals surface area (Å²) in [7, 11) is 0.